The highest BCUT2D eigenvalue weighted by Crippen LogP contribution is 2.49. The highest BCUT2D eigenvalue weighted by atomic mass is 35.5. The second-order valence-electron chi connectivity index (χ2n) is 7.35. The lowest BCUT2D eigenvalue weighted by Gasteiger charge is -2.57. The Morgan fingerprint density at radius 2 is 1.92 bits per heavy atom. The van der Waals surface area contributed by atoms with E-state index in [0.717, 1.165) is 5.69 Å². The molecule has 0 aliphatic heterocycles. The number of hydrogen-bond acceptors (Lipinski definition) is 4. The number of halogens is 2. The van der Waals surface area contributed by atoms with Crippen LogP contribution in [0.2, 0.25) is 0 Å². The van der Waals surface area contributed by atoms with Crippen molar-refractivity contribution in [3.8, 4) is 0 Å². The summed E-state index contributed by atoms with van der Waals surface area (Å²) in [6, 6.07) is 10.3. The Morgan fingerprint density at radius 1 is 1.35 bits per heavy atom. The molecule has 1 aliphatic carbocycles. The summed E-state index contributed by atoms with van der Waals surface area (Å²) in [5.74, 6) is -0.0863. The van der Waals surface area contributed by atoms with E-state index in [9.17, 15) is 4.79 Å². The van der Waals surface area contributed by atoms with E-state index in [-0.39, 0.29) is 48.3 Å². The maximum atomic E-state index is 12.7. The fourth-order valence-electron chi connectivity index (χ4n) is 3.27. The maximum absolute atomic E-state index is 12.7. The van der Waals surface area contributed by atoms with Gasteiger partial charge in [-0.05, 0) is 26.0 Å². The molecule has 150 valence electrons. The van der Waals surface area contributed by atoms with E-state index in [4.69, 9.17) is 10.5 Å². The Bertz CT molecular complexity index is 571. The van der Waals surface area contributed by atoms with Gasteiger partial charge in [0.15, 0.2) is 0 Å². The van der Waals surface area contributed by atoms with Crippen LogP contribution in [0.25, 0.3) is 0 Å². The van der Waals surface area contributed by atoms with Crippen molar-refractivity contribution in [3.05, 3.63) is 30.3 Å². The van der Waals surface area contributed by atoms with Crippen LogP contribution in [0.5, 0.6) is 0 Å². The van der Waals surface area contributed by atoms with Gasteiger partial charge < -0.3 is 20.7 Å². The SMILES string of the molecule is CCOC1CC(N)(C(=O)NCC(C)N(C)c2ccccc2)C1(C)C.Cl.Cl. The smallest absolute Gasteiger partial charge is 0.240 e. The number of rotatable bonds is 7. The summed E-state index contributed by atoms with van der Waals surface area (Å²) in [4.78, 5) is 14.8. The van der Waals surface area contributed by atoms with E-state index >= 15 is 0 Å². The van der Waals surface area contributed by atoms with Crippen molar-refractivity contribution in [2.24, 2.45) is 11.1 Å². The average molecular weight is 406 g/mol. The third-order valence-electron chi connectivity index (χ3n) is 5.62. The summed E-state index contributed by atoms with van der Waals surface area (Å²) in [5.41, 5.74) is 6.32. The van der Waals surface area contributed by atoms with Gasteiger partial charge in [-0.3, -0.25) is 4.79 Å². The molecule has 1 amide bonds. The van der Waals surface area contributed by atoms with Gasteiger partial charge in [-0.15, -0.1) is 24.8 Å². The minimum atomic E-state index is -0.863. The lowest BCUT2D eigenvalue weighted by atomic mass is 9.54. The predicted molar refractivity (Wildman–Crippen MR) is 113 cm³/mol. The Kier molecular flexibility index (Phi) is 9.41. The Hall–Kier alpha value is -1.01. The molecule has 3 atom stereocenters. The van der Waals surface area contributed by atoms with Crippen LogP contribution in [0.1, 0.15) is 34.1 Å². The maximum Gasteiger partial charge on any atom is 0.240 e. The largest absolute Gasteiger partial charge is 0.378 e. The van der Waals surface area contributed by atoms with Crippen LogP contribution in [-0.4, -0.2) is 43.8 Å². The molecular weight excluding hydrogens is 373 g/mol. The zero-order valence-corrected chi connectivity index (χ0v) is 18.0. The van der Waals surface area contributed by atoms with Gasteiger partial charge in [-0.2, -0.15) is 0 Å². The third kappa shape index (κ3) is 4.63. The highest BCUT2D eigenvalue weighted by Gasteiger charge is 2.62. The summed E-state index contributed by atoms with van der Waals surface area (Å²) < 4.78 is 5.69. The minimum absolute atomic E-state index is 0. The summed E-state index contributed by atoms with van der Waals surface area (Å²) in [6.07, 6.45) is 0.616. The van der Waals surface area contributed by atoms with Gasteiger partial charge in [0.2, 0.25) is 5.91 Å². The van der Waals surface area contributed by atoms with Gasteiger partial charge >= 0.3 is 0 Å². The molecule has 0 heterocycles. The number of anilines is 1. The molecule has 7 heteroatoms. The molecule has 1 fully saturated rings. The second kappa shape index (κ2) is 9.79. The second-order valence-corrected chi connectivity index (χ2v) is 7.35. The van der Waals surface area contributed by atoms with Crippen LogP contribution in [0.3, 0.4) is 0 Å². The van der Waals surface area contributed by atoms with Crippen molar-refractivity contribution in [2.75, 3.05) is 25.1 Å². The minimum Gasteiger partial charge on any atom is -0.378 e. The average Bonchev–Trinajstić information content (AvgIpc) is 2.58. The van der Waals surface area contributed by atoms with Gasteiger partial charge in [0, 0.05) is 43.8 Å². The number of nitrogens with one attached hydrogen (secondary N) is 1. The van der Waals surface area contributed by atoms with E-state index < -0.39 is 5.54 Å². The fourth-order valence-corrected chi connectivity index (χ4v) is 3.27. The van der Waals surface area contributed by atoms with Crippen LogP contribution in [0.15, 0.2) is 30.3 Å². The summed E-state index contributed by atoms with van der Waals surface area (Å²) in [5, 5.41) is 3.03. The number of carbonyl (C=O) groups is 1. The highest BCUT2D eigenvalue weighted by molar-refractivity contribution is 5.88. The number of benzene rings is 1. The molecule has 3 unspecified atom stereocenters. The van der Waals surface area contributed by atoms with Gasteiger partial charge in [0.25, 0.3) is 0 Å². The van der Waals surface area contributed by atoms with Crippen LogP contribution < -0.4 is 16.0 Å². The Morgan fingerprint density at radius 3 is 2.42 bits per heavy atom. The van der Waals surface area contributed by atoms with Gasteiger partial charge in [0.1, 0.15) is 5.54 Å². The van der Waals surface area contributed by atoms with Crippen LogP contribution >= 0.6 is 24.8 Å². The standard InChI is InChI=1S/C19H31N3O2.2ClH/c1-6-24-16-12-19(20,18(16,3)4)17(23)21-13-14(2)22(5)15-10-8-7-9-11-15;;/h7-11,14,16H,6,12-13,20H2,1-5H3,(H,21,23);2*1H. The molecule has 1 aliphatic rings. The van der Waals surface area contributed by atoms with Gasteiger partial charge in [0.05, 0.1) is 6.10 Å². The van der Waals surface area contributed by atoms with E-state index in [1.54, 1.807) is 0 Å². The van der Waals surface area contributed by atoms with Gasteiger partial charge in [-0.1, -0.05) is 32.0 Å². The monoisotopic (exact) mass is 405 g/mol. The van der Waals surface area contributed by atoms with Crippen LogP contribution in [0, 0.1) is 5.41 Å². The zero-order chi connectivity index (χ0) is 18.0. The molecule has 3 N–H and O–H groups in total. The predicted octanol–water partition coefficient (Wildman–Crippen LogP) is 3.00. The molecule has 0 radical (unpaired) electrons. The normalized spacial score (nSPS) is 24.3. The number of amides is 1. The number of nitrogens with zero attached hydrogens (tertiary/aromatic N) is 1. The molecule has 26 heavy (non-hydrogen) atoms. The molecule has 0 bridgehead atoms. The summed E-state index contributed by atoms with van der Waals surface area (Å²) in [6.45, 7) is 9.27. The Labute approximate surface area is 169 Å². The quantitative estimate of drug-likeness (QED) is 0.731. The first-order valence-electron chi connectivity index (χ1n) is 8.70. The molecule has 2 rings (SSSR count). The molecule has 1 saturated carbocycles. The van der Waals surface area contributed by atoms with Gasteiger partial charge in [-0.25, -0.2) is 0 Å². The van der Waals surface area contributed by atoms with E-state index in [2.05, 4.69) is 29.3 Å². The molecule has 0 spiro atoms. The topological polar surface area (TPSA) is 67.6 Å². The van der Waals surface area contributed by atoms with E-state index in [1.165, 1.54) is 0 Å². The van der Waals surface area contributed by atoms with E-state index in [0.29, 0.717) is 19.6 Å². The number of carbonyl (C=O) groups excluding carboxylic acids is 1. The van der Waals surface area contributed by atoms with Crippen molar-refractivity contribution in [2.45, 2.75) is 51.8 Å². The first-order valence-corrected chi connectivity index (χ1v) is 8.70. The molecule has 0 saturated heterocycles. The van der Waals surface area contributed by atoms with Crippen molar-refractivity contribution in [1.29, 1.82) is 0 Å². The fraction of sp³-hybridized carbons (Fsp3) is 0.632. The van der Waals surface area contributed by atoms with Crippen molar-refractivity contribution >= 4 is 36.4 Å². The number of hydrogen-bond donors (Lipinski definition) is 2. The summed E-state index contributed by atoms with van der Waals surface area (Å²) in [7, 11) is 2.03. The lowest BCUT2D eigenvalue weighted by molar-refractivity contribution is -0.170. The lowest BCUT2D eigenvalue weighted by Crippen LogP contribution is -2.76. The zero-order valence-electron chi connectivity index (χ0n) is 16.3. The van der Waals surface area contributed by atoms with Crippen LogP contribution in [-0.2, 0) is 9.53 Å². The number of ether oxygens (including phenoxy) is 1. The van der Waals surface area contributed by atoms with Crippen molar-refractivity contribution < 1.29 is 9.53 Å². The van der Waals surface area contributed by atoms with Crippen molar-refractivity contribution in [1.82, 2.24) is 5.32 Å². The number of para-hydroxylation sites is 1. The number of likely N-dealkylation sites (N-methyl/N-ethyl adjacent to an activating group) is 1. The molecule has 1 aromatic rings. The number of nitrogens with two attached hydrogens (primary N) is 1. The molecular formula is C19H33Cl2N3O2. The molecule has 1 aromatic carbocycles. The first kappa shape index (κ1) is 25.0. The van der Waals surface area contributed by atoms with Crippen LogP contribution in [0.4, 0.5) is 5.69 Å². The third-order valence-corrected chi connectivity index (χ3v) is 5.62. The first-order chi connectivity index (χ1) is 11.2. The van der Waals surface area contributed by atoms with Crippen molar-refractivity contribution in [3.63, 3.8) is 0 Å². The molecule has 0 aromatic heterocycles. The Balaban J connectivity index is 0.00000312. The molecule has 5 nitrogen and oxygen atoms in total. The van der Waals surface area contributed by atoms with E-state index in [1.807, 2.05) is 46.0 Å². The summed E-state index contributed by atoms with van der Waals surface area (Å²) >= 11 is 0.